The van der Waals surface area contributed by atoms with Crippen molar-refractivity contribution in [3.05, 3.63) is 35.8 Å². The first kappa shape index (κ1) is 9.39. The van der Waals surface area contributed by atoms with E-state index in [1.54, 1.807) is 0 Å². The van der Waals surface area contributed by atoms with E-state index >= 15 is 0 Å². The van der Waals surface area contributed by atoms with Gasteiger partial charge in [-0.3, -0.25) is 4.79 Å². The molecule has 0 atom stereocenters. The van der Waals surface area contributed by atoms with Crippen LogP contribution >= 0.6 is 0 Å². The Hall–Kier alpha value is -2.17. The van der Waals surface area contributed by atoms with Gasteiger partial charge in [0, 0.05) is 11.5 Å². The molecule has 0 radical (unpaired) electrons. The Balaban J connectivity index is 2.65. The molecule has 1 aromatic carbocycles. The van der Waals surface area contributed by atoms with Crippen LogP contribution in [0.3, 0.4) is 0 Å². The Morgan fingerprint density at radius 2 is 2.07 bits per heavy atom. The SMILES string of the molecule is O=C(O)C(=O)c1cc2ccoc2cc1F. The second kappa shape index (κ2) is 3.20. The van der Waals surface area contributed by atoms with Gasteiger partial charge in [-0.2, -0.15) is 0 Å². The molecule has 0 unspecified atom stereocenters. The van der Waals surface area contributed by atoms with Crippen molar-refractivity contribution >= 4 is 22.7 Å². The van der Waals surface area contributed by atoms with Gasteiger partial charge in [0.2, 0.25) is 0 Å². The summed E-state index contributed by atoms with van der Waals surface area (Å²) < 4.78 is 18.2. The van der Waals surface area contributed by atoms with E-state index in [1.807, 2.05) is 0 Å². The highest BCUT2D eigenvalue weighted by atomic mass is 19.1. The minimum absolute atomic E-state index is 0.273. The minimum atomic E-state index is -1.68. The van der Waals surface area contributed by atoms with E-state index in [0.29, 0.717) is 5.39 Å². The molecule has 2 rings (SSSR count). The lowest BCUT2D eigenvalue weighted by Crippen LogP contribution is -2.14. The number of carboxylic acid groups (broad SMARTS) is 1. The molecule has 0 bridgehead atoms. The number of hydrogen-bond donors (Lipinski definition) is 1. The normalized spacial score (nSPS) is 10.5. The zero-order chi connectivity index (χ0) is 11.0. The number of carbonyl (C=O) groups excluding carboxylic acids is 1. The Labute approximate surface area is 82.9 Å². The summed E-state index contributed by atoms with van der Waals surface area (Å²) in [6, 6.07) is 3.67. The number of carbonyl (C=O) groups is 2. The maximum Gasteiger partial charge on any atom is 0.377 e. The average Bonchev–Trinajstić information content (AvgIpc) is 2.62. The fraction of sp³-hybridized carbons (Fsp3) is 0. The standard InChI is InChI=1S/C10H5FO4/c11-7-4-8-5(1-2-15-8)3-6(7)9(12)10(13)14/h1-4H,(H,13,14). The zero-order valence-corrected chi connectivity index (χ0v) is 7.36. The summed E-state index contributed by atoms with van der Waals surface area (Å²) in [6.45, 7) is 0. The highest BCUT2D eigenvalue weighted by Gasteiger charge is 2.20. The molecule has 2 aromatic rings. The lowest BCUT2D eigenvalue weighted by molar-refractivity contribution is -0.131. The van der Waals surface area contributed by atoms with E-state index in [1.165, 1.54) is 12.3 Å². The first-order valence-corrected chi connectivity index (χ1v) is 4.04. The second-order valence-corrected chi connectivity index (χ2v) is 2.92. The number of benzene rings is 1. The molecular weight excluding hydrogens is 203 g/mol. The quantitative estimate of drug-likeness (QED) is 0.604. The monoisotopic (exact) mass is 208 g/mol. The smallest absolute Gasteiger partial charge is 0.377 e. The van der Waals surface area contributed by atoms with Crippen LogP contribution in [0.5, 0.6) is 0 Å². The van der Waals surface area contributed by atoms with Gasteiger partial charge in [0.25, 0.3) is 5.78 Å². The topological polar surface area (TPSA) is 67.5 Å². The van der Waals surface area contributed by atoms with Gasteiger partial charge in [-0.25, -0.2) is 9.18 Å². The van der Waals surface area contributed by atoms with Crippen molar-refractivity contribution in [2.75, 3.05) is 0 Å². The summed E-state index contributed by atoms with van der Waals surface area (Å²) in [5.41, 5.74) is -0.189. The molecule has 0 aliphatic rings. The van der Waals surface area contributed by atoms with Crippen LogP contribution in [-0.2, 0) is 4.79 Å². The molecule has 1 aromatic heterocycles. The molecule has 0 aliphatic carbocycles. The summed E-state index contributed by atoms with van der Waals surface area (Å²) in [4.78, 5) is 21.4. The number of carboxylic acids is 1. The summed E-state index contributed by atoms with van der Waals surface area (Å²) in [6.07, 6.45) is 1.33. The number of ketones is 1. The lowest BCUT2D eigenvalue weighted by Gasteiger charge is -1.98. The molecule has 5 heteroatoms. The Kier molecular flexibility index (Phi) is 2.00. The van der Waals surface area contributed by atoms with Crippen molar-refractivity contribution in [2.45, 2.75) is 0 Å². The summed E-state index contributed by atoms with van der Waals surface area (Å²) in [5, 5.41) is 8.93. The summed E-state index contributed by atoms with van der Waals surface area (Å²) in [5.74, 6) is -3.85. The van der Waals surface area contributed by atoms with E-state index in [0.717, 1.165) is 12.1 Å². The van der Waals surface area contributed by atoms with Gasteiger partial charge in [-0.15, -0.1) is 0 Å². The van der Waals surface area contributed by atoms with Crippen molar-refractivity contribution in [1.29, 1.82) is 0 Å². The van der Waals surface area contributed by atoms with Crippen LogP contribution in [0, 0.1) is 5.82 Å². The number of aliphatic carboxylic acids is 1. The van der Waals surface area contributed by atoms with Gasteiger partial charge in [0.1, 0.15) is 11.4 Å². The van der Waals surface area contributed by atoms with Crippen LogP contribution in [0.2, 0.25) is 0 Å². The molecule has 15 heavy (non-hydrogen) atoms. The van der Waals surface area contributed by atoms with Crippen LogP contribution < -0.4 is 0 Å². The predicted molar refractivity (Wildman–Crippen MR) is 48.1 cm³/mol. The molecule has 0 fully saturated rings. The van der Waals surface area contributed by atoms with Crippen LogP contribution in [0.25, 0.3) is 11.0 Å². The van der Waals surface area contributed by atoms with Crippen molar-refractivity contribution < 1.29 is 23.5 Å². The number of furan rings is 1. The summed E-state index contributed by atoms with van der Waals surface area (Å²) >= 11 is 0. The van der Waals surface area contributed by atoms with E-state index < -0.39 is 23.1 Å². The van der Waals surface area contributed by atoms with Crippen molar-refractivity contribution in [3.63, 3.8) is 0 Å². The first-order valence-electron chi connectivity index (χ1n) is 4.04. The molecule has 76 valence electrons. The second-order valence-electron chi connectivity index (χ2n) is 2.92. The van der Waals surface area contributed by atoms with Crippen molar-refractivity contribution in [1.82, 2.24) is 0 Å². The van der Waals surface area contributed by atoms with E-state index in [2.05, 4.69) is 0 Å². The summed E-state index contributed by atoms with van der Waals surface area (Å²) in [7, 11) is 0. The zero-order valence-electron chi connectivity index (χ0n) is 7.36. The third kappa shape index (κ3) is 1.48. The molecule has 0 aliphatic heterocycles. The predicted octanol–water partition coefficient (Wildman–Crippen LogP) is 1.84. The van der Waals surface area contributed by atoms with Crippen LogP contribution in [0.15, 0.2) is 28.9 Å². The number of rotatable bonds is 2. The van der Waals surface area contributed by atoms with Crippen molar-refractivity contribution in [2.24, 2.45) is 0 Å². The van der Waals surface area contributed by atoms with Gasteiger partial charge in [-0.1, -0.05) is 0 Å². The average molecular weight is 208 g/mol. The fourth-order valence-electron chi connectivity index (χ4n) is 1.27. The maximum absolute atomic E-state index is 13.3. The molecule has 1 N–H and O–H groups in total. The molecule has 1 heterocycles. The highest BCUT2D eigenvalue weighted by molar-refractivity contribution is 6.40. The fourth-order valence-corrected chi connectivity index (χ4v) is 1.27. The maximum atomic E-state index is 13.3. The number of halogens is 1. The first-order chi connectivity index (χ1) is 7.09. The molecule has 0 amide bonds. The molecule has 0 saturated heterocycles. The van der Waals surface area contributed by atoms with Gasteiger partial charge in [0.05, 0.1) is 11.8 Å². The van der Waals surface area contributed by atoms with Crippen molar-refractivity contribution in [3.8, 4) is 0 Å². The third-order valence-electron chi connectivity index (χ3n) is 1.98. The third-order valence-corrected chi connectivity index (χ3v) is 1.98. The van der Waals surface area contributed by atoms with E-state index in [4.69, 9.17) is 9.52 Å². The molecule has 0 saturated carbocycles. The Morgan fingerprint density at radius 1 is 1.33 bits per heavy atom. The van der Waals surface area contributed by atoms with Gasteiger partial charge in [-0.05, 0) is 12.1 Å². The van der Waals surface area contributed by atoms with Gasteiger partial charge in [0.15, 0.2) is 0 Å². The lowest BCUT2D eigenvalue weighted by atomic mass is 10.1. The van der Waals surface area contributed by atoms with Crippen LogP contribution in [-0.4, -0.2) is 16.9 Å². The van der Waals surface area contributed by atoms with Crippen LogP contribution in [0.1, 0.15) is 10.4 Å². The van der Waals surface area contributed by atoms with Crippen LogP contribution in [0.4, 0.5) is 4.39 Å². The number of Topliss-reactive ketones (excluding diaryl/α,β-unsaturated/α-hetero) is 1. The number of hydrogen-bond acceptors (Lipinski definition) is 3. The van der Waals surface area contributed by atoms with Gasteiger partial charge < -0.3 is 9.52 Å². The number of fused-ring (bicyclic) bond motifs is 1. The van der Waals surface area contributed by atoms with Gasteiger partial charge >= 0.3 is 5.97 Å². The minimum Gasteiger partial charge on any atom is -0.475 e. The molecule has 4 nitrogen and oxygen atoms in total. The van der Waals surface area contributed by atoms with E-state index in [9.17, 15) is 14.0 Å². The highest BCUT2D eigenvalue weighted by Crippen LogP contribution is 2.20. The molecule has 0 spiro atoms. The Morgan fingerprint density at radius 3 is 2.73 bits per heavy atom. The van der Waals surface area contributed by atoms with E-state index in [-0.39, 0.29) is 5.58 Å². The Bertz CT molecular complexity index is 556. The largest absolute Gasteiger partial charge is 0.475 e. The molecular formula is C10H5FO4.